The minimum atomic E-state index is -0.815. The van der Waals surface area contributed by atoms with E-state index < -0.39 is 11.8 Å². The average molecular weight is 327 g/mol. The van der Waals surface area contributed by atoms with E-state index in [1.807, 2.05) is 49.6 Å². The Kier molecular flexibility index (Phi) is 5.94. The molecule has 0 aliphatic rings. The van der Waals surface area contributed by atoms with Gasteiger partial charge in [-0.1, -0.05) is 30.3 Å². The molecule has 118 valence electrons. The fourth-order valence-electron chi connectivity index (χ4n) is 1.80. The van der Waals surface area contributed by atoms with Crippen LogP contribution < -0.4 is 10.7 Å². The smallest absolute Gasteiger partial charge is 0.317 e. The zero-order chi connectivity index (χ0) is 16.7. The number of hydrogen-bond acceptors (Lipinski definition) is 4. The summed E-state index contributed by atoms with van der Waals surface area (Å²) in [6.07, 6.45) is 3.49. The summed E-state index contributed by atoms with van der Waals surface area (Å²) >= 11 is 1.64. The van der Waals surface area contributed by atoms with Crippen molar-refractivity contribution in [2.24, 2.45) is 5.10 Å². The molecule has 0 heterocycles. The minimum absolute atomic E-state index is 0.601. The highest BCUT2D eigenvalue weighted by molar-refractivity contribution is 7.98. The van der Waals surface area contributed by atoms with Gasteiger partial charge in [0.2, 0.25) is 0 Å². The van der Waals surface area contributed by atoms with Crippen molar-refractivity contribution in [1.82, 2.24) is 5.43 Å². The van der Waals surface area contributed by atoms with Crippen molar-refractivity contribution in [2.45, 2.75) is 11.8 Å². The molecule has 5 nitrogen and oxygen atoms in total. The molecule has 0 saturated heterocycles. The number of rotatable bonds is 4. The fraction of sp³-hybridized carbons (Fsp3) is 0.118. The van der Waals surface area contributed by atoms with Crippen LogP contribution in [0, 0.1) is 6.92 Å². The van der Waals surface area contributed by atoms with Gasteiger partial charge in [0.05, 0.1) is 6.21 Å². The van der Waals surface area contributed by atoms with Gasteiger partial charge in [0.15, 0.2) is 0 Å². The number of carbonyl (C=O) groups excluding carboxylic acids is 2. The van der Waals surface area contributed by atoms with Crippen molar-refractivity contribution < 1.29 is 9.59 Å². The molecule has 0 atom stereocenters. The maximum atomic E-state index is 11.8. The first-order valence-corrected chi connectivity index (χ1v) is 8.16. The van der Waals surface area contributed by atoms with Crippen LogP contribution in [0.3, 0.4) is 0 Å². The lowest BCUT2D eigenvalue weighted by Crippen LogP contribution is -2.32. The zero-order valence-electron chi connectivity index (χ0n) is 12.9. The van der Waals surface area contributed by atoms with Crippen LogP contribution >= 0.6 is 11.8 Å². The molecule has 2 amide bonds. The van der Waals surface area contributed by atoms with Crippen LogP contribution in [0.2, 0.25) is 0 Å². The Bertz CT molecular complexity index is 727. The number of benzene rings is 2. The van der Waals surface area contributed by atoms with E-state index in [4.69, 9.17) is 0 Å². The molecule has 23 heavy (non-hydrogen) atoms. The van der Waals surface area contributed by atoms with Gasteiger partial charge in [-0.15, -0.1) is 11.8 Å². The number of thioether (sulfide) groups is 1. The van der Waals surface area contributed by atoms with E-state index in [2.05, 4.69) is 15.8 Å². The van der Waals surface area contributed by atoms with Gasteiger partial charge in [-0.25, -0.2) is 5.43 Å². The Morgan fingerprint density at radius 2 is 1.74 bits per heavy atom. The molecule has 0 aliphatic heterocycles. The minimum Gasteiger partial charge on any atom is -0.317 e. The number of para-hydroxylation sites is 1. The summed E-state index contributed by atoms with van der Waals surface area (Å²) in [5, 5.41) is 6.34. The van der Waals surface area contributed by atoms with E-state index in [0.717, 1.165) is 16.0 Å². The molecule has 2 aromatic carbocycles. The summed E-state index contributed by atoms with van der Waals surface area (Å²) in [6, 6.07) is 14.9. The molecule has 0 aromatic heterocycles. The Labute approximate surface area is 139 Å². The molecular formula is C17H17N3O2S. The lowest BCUT2D eigenvalue weighted by atomic mass is 10.2. The van der Waals surface area contributed by atoms with Crippen molar-refractivity contribution >= 4 is 35.5 Å². The third-order valence-corrected chi connectivity index (χ3v) is 3.84. The number of hydrogen-bond donors (Lipinski definition) is 2. The van der Waals surface area contributed by atoms with Crippen molar-refractivity contribution in [3.05, 3.63) is 59.7 Å². The second-order valence-corrected chi connectivity index (χ2v) is 5.62. The van der Waals surface area contributed by atoms with E-state index in [0.29, 0.717) is 5.69 Å². The van der Waals surface area contributed by atoms with Gasteiger partial charge in [0, 0.05) is 10.6 Å². The van der Waals surface area contributed by atoms with E-state index in [9.17, 15) is 9.59 Å². The molecule has 0 unspecified atom stereocenters. The molecule has 2 N–H and O–H groups in total. The van der Waals surface area contributed by atoms with Crippen LogP contribution in [0.1, 0.15) is 11.1 Å². The summed E-state index contributed by atoms with van der Waals surface area (Å²) in [5.74, 6) is -1.57. The van der Waals surface area contributed by atoms with Gasteiger partial charge in [0.1, 0.15) is 0 Å². The summed E-state index contributed by atoms with van der Waals surface area (Å²) < 4.78 is 0. The van der Waals surface area contributed by atoms with E-state index in [-0.39, 0.29) is 0 Å². The van der Waals surface area contributed by atoms with E-state index in [1.54, 1.807) is 23.9 Å². The normalized spacial score (nSPS) is 10.5. The number of nitrogens with one attached hydrogen (secondary N) is 2. The van der Waals surface area contributed by atoms with Crippen LogP contribution in [-0.2, 0) is 9.59 Å². The van der Waals surface area contributed by atoms with Crippen LogP contribution in [-0.4, -0.2) is 24.3 Å². The number of amides is 2. The first-order valence-electron chi connectivity index (χ1n) is 6.94. The highest BCUT2D eigenvalue weighted by Crippen LogP contribution is 2.14. The standard InChI is InChI=1S/C17H17N3O2S/c1-12-5-3-4-6-15(12)19-16(21)17(22)20-18-11-13-7-9-14(23-2)10-8-13/h3-11H,1-2H3,(H,19,21)(H,20,22)/b18-11-. The first kappa shape index (κ1) is 16.8. The Hall–Kier alpha value is -2.60. The van der Waals surface area contributed by atoms with Crippen LogP contribution in [0.4, 0.5) is 5.69 Å². The molecular weight excluding hydrogens is 310 g/mol. The SMILES string of the molecule is CSc1ccc(/C=N\NC(=O)C(=O)Nc2ccccc2C)cc1. The average Bonchev–Trinajstić information content (AvgIpc) is 2.57. The summed E-state index contributed by atoms with van der Waals surface area (Å²) in [5.41, 5.74) is 4.53. The molecule has 0 aliphatic carbocycles. The Morgan fingerprint density at radius 3 is 2.39 bits per heavy atom. The van der Waals surface area contributed by atoms with Gasteiger partial charge in [-0.05, 0) is 42.5 Å². The van der Waals surface area contributed by atoms with Gasteiger partial charge in [-0.2, -0.15) is 5.10 Å². The lowest BCUT2D eigenvalue weighted by molar-refractivity contribution is -0.136. The monoisotopic (exact) mass is 327 g/mol. The van der Waals surface area contributed by atoms with Crippen molar-refractivity contribution in [3.8, 4) is 0 Å². The molecule has 2 rings (SSSR count). The van der Waals surface area contributed by atoms with Gasteiger partial charge < -0.3 is 5.32 Å². The lowest BCUT2D eigenvalue weighted by Gasteiger charge is -2.06. The number of carbonyl (C=O) groups is 2. The predicted molar refractivity (Wildman–Crippen MR) is 93.8 cm³/mol. The van der Waals surface area contributed by atoms with Gasteiger partial charge >= 0.3 is 11.8 Å². The molecule has 0 fully saturated rings. The van der Waals surface area contributed by atoms with Gasteiger partial charge in [0.25, 0.3) is 0 Å². The highest BCUT2D eigenvalue weighted by Gasteiger charge is 2.13. The molecule has 6 heteroatoms. The summed E-state index contributed by atoms with van der Waals surface area (Å²) in [7, 11) is 0. The molecule has 0 radical (unpaired) electrons. The van der Waals surface area contributed by atoms with Gasteiger partial charge in [-0.3, -0.25) is 9.59 Å². The molecule has 0 spiro atoms. The van der Waals surface area contributed by atoms with Crippen LogP contribution in [0.15, 0.2) is 58.5 Å². The zero-order valence-corrected chi connectivity index (χ0v) is 13.7. The summed E-state index contributed by atoms with van der Waals surface area (Å²) in [6.45, 7) is 1.85. The fourth-order valence-corrected chi connectivity index (χ4v) is 2.21. The molecule has 0 bridgehead atoms. The largest absolute Gasteiger partial charge is 0.329 e. The molecule has 2 aromatic rings. The number of anilines is 1. The molecule has 0 saturated carbocycles. The maximum Gasteiger partial charge on any atom is 0.329 e. The second kappa shape index (κ2) is 8.14. The predicted octanol–water partition coefficient (Wildman–Crippen LogP) is 2.81. The van der Waals surface area contributed by atoms with Crippen LogP contribution in [0.25, 0.3) is 0 Å². The maximum absolute atomic E-state index is 11.8. The number of aryl methyl sites for hydroxylation is 1. The van der Waals surface area contributed by atoms with Crippen molar-refractivity contribution in [1.29, 1.82) is 0 Å². The first-order chi connectivity index (χ1) is 11.1. The van der Waals surface area contributed by atoms with Crippen LogP contribution in [0.5, 0.6) is 0 Å². The third kappa shape index (κ3) is 4.96. The van der Waals surface area contributed by atoms with Crippen molar-refractivity contribution in [2.75, 3.05) is 11.6 Å². The van der Waals surface area contributed by atoms with E-state index in [1.165, 1.54) is 6.21 Å². The highest BCUT2D eigenvalue weighted by atomic mass is 32.2. The number of nitrogens with zero attached hydrogens (tertiary/aromatic N) is 1. The second-order valence-electron chi connectivity index (χ2n) is 4.74. The Morgan fingerprint density at radius 1 is 1.04 bits per heavy atom. The Balaban J connectivity index is 1.89. The van der Waals surface area contributed by atoms with Crippen molar-refractivity contribution in [3.63, 3.8) is 0 Å². The van der Waals surface area contributed by atoms with E-state index >= 15 is 0 Å². The summed E-state index contributed by atoms with van der Waals surface area (Å²) in [4.78, 5) is 24.6. The number of hydrazone groups is 1. The topological polar surface area (TPSA) is 70.6 Å². The quantitative estimate of drug-likeness (QED) is 0.393. The third-order valence-electron chi connectivity index (χ3n) is 3.10.